The lowest BCUT2D eigenvalue weighted by molar-refractivity contribution is -0.0974. The van der Waals surface area contributed by atoms with Gasteiger partial charge in [0.25, 0.3) is 5.91 Å². The van der Waals surface area contributed by atoms with Gasteiger partial charge in [-0.05, 0) is 34.1 Å². The van der Waals surface area contributed by atoms with E-state index < -0.39 is 6.29 Å². The molecule has 0 saturated heterocycles. The van der Waals surface area contributed by atoms with Gasteiger partial charge in [0.1, 0.15) is 0 Å². The summed E-state index contributed by atoms with van der Waals surface area (Å²) in [5, 5.41) is 2.73. The maximum absolute atomic E-state index is 11.8. The minimum Gasteiger partial charge on any atom is -0.354 e. The van der Waals surface area contributed by atoms with Crippen molar-refractivity contribution in [1.29, 1.82) is 0 Å². The Balaban J connectivity index is 2.64. The molecule has 0 aliphatic carbocycles. The van der Waals surface area contributed by atoms with E-state index in [1.54, 1.807) is 6.07 Å². The number of rotatable bonds is 5. The zero-order valence-corrected chi connectivity index (χ0v) is 12.7. The number of carbonyl (C=O) groups excluding carboxylic acids is 1. The maximum Gasteiger partial charge on any atom is 0.252 e. The van der Waals surface area contributed by atoms with E-state index in [1.807, 2.05) is 12.1 Å². The van der Waals surface area contributed by atoms with E-state index in [2.05, 4.69) is 37.2 Å². The van der Waals surface area contributed by atoms with Crippen molar-refractivity contribution in [2.45, 2.75) is 6.29 Å². The van der Waals surface area contributed by atoms with Crippen LogP contribution in [-0.2, 0) is 9.47 Å². The molecule has 1 rings (SSSR count). The molecule has 0 heterocycles. The van der Waals surface area contributed by atoms with Crippen molar-refractivity contribution in [2.24, 2.45) is 0 Å². The largest absolute Gasteiger partial charge is 0.354 e. The fourth-order valence-corrected chi connectivity index (χ4v) is 2.43. The van der Waals surface area contributed by atoms with Gasteiger partial charge in [-0.3, -0.25) is 4.79 Å². The van der Waals surface area contributed by atoms with Gasteiger partial charge in [-0.15, -0.1) is 0 Å². The van der Waals surface area contributed by atoms with E-state index in [0.29, 0.717) is 12.1 Å². The summed E-state index contributed by atoms with van der Waals surface area (Å²) < 4.78 is 11.6. The van der Waals surface area contributed by atoms with Crippen LogP contribution < -0.4 is 5.32 Å². The van der Waals surface area contributed by atoms with Gasteiger partial charge in [0, 0.05) is 23.2 Å². The highest BCUT2D eigenvalue weighted by molar-refractivity contribution is 9.11. The third-order valence-electron chi connectivity index (χ3n) is 2.13. The highest BCUT2D eigenvalue weighted by Crippen LogP contribution is 2.21. The van der Waals surface area contributed by atoms with Crippen molar-refractivity contribution in [2.75, 3.05) is 20.8 Å². The molecule has 0 fully saturated rings. The van der Waals surface area contributed by atoms with Gasteiger partial charge in [-0.1, -0.05) is 15.9 Å². The molecule has 17 heavy (non-hydrogen) atoms. The number of methoxy groups -OCH3 is 2. The Hall–Kier alpha value is -0.430. The smallest absolute Gasteiger partial charge is 0.252 e. The number of hydrogen-bond acceptors (Lipinski definition) is 3. The normalized spacial score (nSPS) is 10.6. The number of hydrogen-bond donors (Lipinski definition) is 1. The van der Waals surface area contributed by atoms with E-state index in [9.17, 15) is 4.79 Å². The molecule has 6 heteroatoms. The Morgan fingerprint density at radius 2 is 2.00 bits per heavy atom. The van der Waals surface area contributed by atoms with Crippen LogP contribution in [0.25, 0.3) is 0 Å². The van der Waals surface area contributed by atoms with Crippen molar-refractivity contribution in [1.82, 2.24) is 5.32 Å². The quantitative estimate of drug-likeness (QED) is 0.814. The Labute approximate surface area is 117 Å². The van der Waals surface area contributed by atoms with Gasteiger partial charge in [-0.2, -0.15) is 0 Å². The van der Waals surface area contributed by atoms with Crippen LogP contribution in [0.4, 0.5) is 0 Å². The topological polar surface area (TPSA) is 47.6 Å². The molecule has 0 aromatic heterocycles. The minimum atomic E-state index is -0.437. The Morgan fingerprint density at radius 3 is 2.53 bits per heavy atom. The first-order valence-corrected chi connectivity index (χ1v) is 6.46. The third kappa shape index (κ3) is 4.39. The van der Waals surface area contributed by atoms with Crippen LogP contribution in [0, 0.1) is 0 Å². The molecular weight excluding hydrogens is 354 g/mol. The van der Waals surface area contributed by atoms with E-state index in [0.717, 1.165) is 8.95 Å². The fourth-order valence-electron chi connectivity index (χ4n) is 1.21. The summed E-state index contributed by atoms with van der Waals surface area (Å²) in [5.41, 5.74) is 0.569. The predicted octanol–water partition coefficient (Wildman–Crippen LogP) is 2.56. The summed E-state index contributed by atoms with van der Waals surface area (Å²) in [4.78, 5) is 11.8. The number of benzene rings is 1. The van der Waals surface area contributed by atoms with Gasteiger partial charge in [0.2, 0.25) is 0 Å². The second-order valence-electron chi connectivity index (χ2n) is 3.24. The lowest BCUT2D eigenvalue weighted by atomic mass is 10.2. The monoisotopic (exact) mass is 365 g/mol. The molecule has 0 aliphatic heterocycles. The predicted molar refractivity (Wildman–Crippen MR) is 72.0 cm³/mol. The summed E-state index contributed by atoms with van der Waals surface area (Å²) in [5.74, 6) is -0.177. The van der Waals surface area contributed by atoms with Crippen molar-refractivity contribution >= 4 is 37.8 Å². The summed E-state index contributed by atoms with van der Waals surface area (Å²) in [7, 11) is 3.05. The zero-order valence-electron chi connectivity index (χ0n) is 9.50. The highest BCUT2D eigenvalue weighted by Gasteiger charge is 2.12. The Kier molecular flexibility index (Phi) is 6.11. The van der Waals surface area contributed by atoms with Crippen molar-refractivity contribution in [3.63, 3.8) is 0 Å². The van der Waals surface area contributed by atoms with Gasteiger partial charge < -0.3 is 14.8 Å². The number of ether oxygens (including phenoxy) is 2. The molecule has 0 bridgehead atoms. The van der Waals surface area contributed by atoms with Crippen LogP contribution >= 0.6 is 31.9 Å². The van der Waals surface area contributed by atoms with Gasteiger partial charge in [0.15, 0.2) is 6.29 Å². The maximum atomic E-state index is 11.8. The fraction of sp³-hybridized carbons (Fsp3) is 0.364. The first-order chi connectivity index (χ1) is 8.08. The van der Waals surface area contributed by atoms with Crippen molar-refractivity contribution < 1.29 is 14.3 Å². The Morgan fingerprint density at radius 1 is 1.35 bits per heavy atom. The first kappa shape index (κ1) is 14.6. The highest BCUT2D eigenvalue weighted by atomic mass is 79.9. The first-order valence-electron chi connectivity index (χ1n) is 4.87. The summed E-state index contributed by atoms with van der Waals surface area (Å²) in [6.07, 6.45) is -0.437. The van der Waals surface area contributed by atoms with Crippen LogP contribution in [0.3, 0.4) is 0 Å². The lowest BCUT2D eigenvalue weighted by Crippen LogP contribution is -2.34. The summed E-state index contributed by atoms with van der Waals surface area (Å²) >= 11 is 6.66. The molecule has 0 saturated carbocycles. The number of nitrogens with one attached hydrogen (secondary N) is 1. The molecule has 0 unspecified atom stereocenters. The summed E-state index contributed by atoms with van der Waals surface area (Å²) in [6, 6.07) is 5.36. The van der Waals surface area contributed by atoms with Crippen LogP contribution in [0.1, 0.15) is 10.4 Å². The van der Waals surface area contributed by atoms with Gasteiger partial charge >= 0.3 is 0 Å². The number of carbonyl (C=O) groups is 1. The van der Waals surface area contributed by atoms with Crippen LogP contribution in [0.2, 0.25) is 0 Å². The lowest BCUT2D eigenvalue weighted by Gasteiger charge is -2.14. The average Bonchev–Trinajstić information content (AvgIpc) is 2.30. The molecular formula is C11H13Br2NO3. The summed E-state index contributed by atoms with van der Waals surface area (Å²) in [6.45, 7) is 0.300. The Bertz CT molecular complexity index is 394. The molecule has 1 aromatic carbocycles. The van der Waals surface area contributed by atoms with E-state index in [1.165, 1.54) is 14.2 Å². The van der Waals surface area contributed by atoms with Crippen LogP contribution in [0.15, 0.2) is 27.1 Å². The molecule has 1 amide bonds. The molecule has 0 aliphatic rings. The molecule has 0 radical (unpaired) electrons. The molecule has 0 spiro atoms. The van der Waals surface area contributed by atoms with Crippen molar-refractivity contribution in [3.8, 4) is 0 Å². The molecule has 1 N–H and O–H groups in total. The van der Waals surface area contributed by atoms with Gasteiger partial charge in [-0.25, -0.2) is 0 Å². The SMILES string of the molecule is COC(CNC(=O)c1ccc(Br)cc1Br)OC. The molecule has 1 aromatic rings. The van der Waals surface area contributed by atoms with Gasteiger partial charge in [0.05, 0.1) is 12.1 Å². The number of halogens is 2. The molecule has 4 nitrogen and oxygen atoms in total. The molecule has 94 valence electrons. The van der Waals surface area contributed by atoms with Crippen LogP contribution in [-0.4, -0.2) is 33.0 Å². The number of amides is 1. The third-order valence-corrected chi connectivity index (χ3v) is 3.28. The standard InChI is InChI=1S/C11H13Br2NO3/c1-16-10(17-2)6-14-11(15)8-4-3-7(12)5-9(8)13/h3-5,10H,6H2,1-2H3,(H,14,15). The zero-order chi connectivity index (χ0) is 12.8. The van der Waals surface area contributed by atoms with E-state index in [4.69, 9.17) is 9.47 Å². The van der Waals surface area contributed by atoms with E-state index >= 15 is 0 Å². The van der Waals surface area contributed by atoms with Crippen LogP contribution in [0.5, 0.6) is 0 Å². The molecule has 0 atom stereocenters. The second-order valence-corrected chi connectivity index (χ2v) is 5.01. The second kappa shape index (κ2) is 7.10. The van der Waals surface area contributed by atoms with Crippen molar-refractivity contribution in [3.05, 3.63) is 32.7 Å². The average molecular weight is 367 g/mol. The van der Waals surface area contributed by atoms with E-state index in [-0.39, 0.29) is 5.91 Å². The minimum absolute atomic E-state index is 0.177.